The van der Waals surface area contributed by atoms with Gasteiger partial charge in [-0.3, -0.25) is 4.57 Å². The largest absolute Gasteiger partial charge is 0.274 e. The Balaban J connectivity index is 1.97. The predicted molar refractivity (Wildman–Crippen MR) is 77.5 cm³/mol. The molecule has 2 aromatic heterocycles. The van der Waals surface area contributed by atoms with Gasteiger partial charge in [0.1, 0.15) is 6.33 Å². The van der Waals surface area contributed by atoms with Gasteiger partial charge in [-0.25, -0.2) is 4.98 Å². The van der Waals surface area contributed by atoms with Crippen molar-refractivity contribution >= 4 is 35.0 Å². The van der Waals surface area contributed by atoms with Crippen LogP contribution in [0.5, 0.6) is 0 Å². The fourth-order valence-electron chi connectivity index (χ4n) is 1.49. The SMILES string of the molecule is Clc1nc(Sc2ccccc2Cl)nc(-n2ccnc2)n1. The van der Waals surface area contributed by atoms with Crippen LogP contribution in [0, 0.1) is 0 Å². The molecule has 0 aliphatic rings. The van der Waals surface area contributed by atoms with E-state index >= 15 is 0 Å². The summed E-state index contributed by atoms with van der Waals surface area (Å²) in [6, 6.07) is 7.46. The van der Waals surface area contributed by atoms with E-state index in [0.717, 1.165) is 4.90 Å². The van der Waals surface area contributed by atoms with Crippen LogP contribution >= 0.6 is 35.0 Å². The van der Waals surface area contributed by atoms with Crippen molar-refractivity contribution in [1.29, 1.82) is 0 Å². The molecule has 0 N–H and O–H groups in total. The predicted octanol–water partition coefficient (Wildman–Crippen LogP) is 3.52. The van der Waals surface area contributed by atoms with Crippen molar-refractivity contribution < 1.29 is 0 Å². The molecule has 0 aliphatic carbocycles. The average Bonchev–Trinajstić information content (AvgIpc) is 2.95. The summed E-state index contributed by atoms with van der Waals surface area (Å²) >= 11 is 13.4. The number of aromatic nitrogens is 5. The van der Waals surface area contributed by atoms with E-state index in [4.69, 9.17) is 23.2 Å². The highest BCUT2D eigenvalue weighted by atomic mass is 35.5. The molecule has 8 heteroatoms. The molecule has 0 amide bonds. The molecule has 0 bridgehead atoms. The summed E-state index contributed by atoms with van der Waals surface area (Å²) in [5.41, 5.74) is 0. The Morgan fingerprint density at radius 1 is 1.05 bits per heavy atom. The fraction of sp³-hybridized carbons (Fsp3) is 0. The van der Waals surface area contributed by atoms with Crippen molar-refractivity contribution in [3.05, 3.63) is 53.3 Å². The van der Waals surface area contributed by atoms with Crippen LogP contribution < -0.4 is 0 Å². The van der Waals surface area contributed by atoms with Crippen molar-refractivity contribution in [2.75, 3.05) is 0 Å². The molecule has 20 heavy (non-hydrogen) atoms. The molecule has 0 fully saturated rings. The van der Waals surface area contributed by atoms with Crippen molar-refractivity contribution in [2.45, 2.75) is 10.1 Å². The second kappa shape index (κ2) is 5.78. The van der Waals surface area contributed by atoms with E-state index in [0.29, 0.717) is 16.1 Å². The summed E-state index contributed by atoms with van der Waals surface area (Å²) in [4.78, 5) is 17.3. The molecule has 0 radical (unpaired) electrons. The van der Waals surface area contributed by atoms with Gasteiger partial charge in [-0.15, -0.1) is 0 Å². The van der Waals surface area contributed by atoms with Gasteiger partial charge in [0.15, 0.2) is 5.16 Å². The van der Waals surface area contributed by atoms with Gasteiger partial charge in [0.05, 0.1) is 5.02 Å². The molecule has 5 nitrogen and oxygen atoms in total. The molecule has 1 aromatic carbocycles. The maximum atomic E-state index is 6.11. The summed E-state index contributed by atoms with van der Waals surface area (Å²) in [6.07, 6.45) is 4.96. The lowest BCUT2D eigenvalue weighted by Crippen LogP contribution is -2.02. The van der Waals surface area contributed by atoms with Crippen LogP contribution in [-0.4, -0.2) is 24.5 Å². The van der Waals surface area contributed by atoms with E-state index in [9.17, 15) is 0 Å². The lowest BCUT2D eigenvalue weighted by molar-refractivity contribution is 0.823. The number of nitrogens with zero attached hydrogens (tertiary/aromatic N) is 5. The summed E-state index contributed by atoms with van der Waals surface area (Å²) in [7, 11) is 0. The second-order valence-corrected chi connectivity index (χ2v) is 5.44. The van der Waals surface area contributed by atoms with Crippen LogP contribution in [0.1, 0.15) is 0 Å². The first kappa shape index (κ1) is 13.4. The van der Waals surface area contributed by atoms with Gasteiger partial charge in [-0.05, 0) is 35.5 Å². The third-order valence-electron chi connectivity index (χ3n) is 2.35. The van der Waals surface area contributed by atoms with Gasteiger partial charge in [0.2, 0.25) is 11.2 Å². The Morgan fingerprint density at radius 3 is 2.65 bits per heavy atom. The smallest absolute Gasteiger partial charge is 0.240 e. The van der Waals surface area contributed by atoms with E-state index in [1.54, 1.807) is 23.3 Å². The minimum absolute atomic E-state index is 0.123. The van der Waals surface area contributed by atoms with Gasteiger partial charge < -0.3 is 0 Å². The summed E-state index contributed by atoms with van der Waals surface area (Å²) in [5.74, 6) is 0.414. The third kappa shape index (κ3) is 2.92. The highest BCUT2D eigenvalue weighted by Gasteiger charge is 2.09. The van der Waals surface area contributed by atoms with E-state index in [2.05, 4.69) is 19.9 Å². The Kier molecular flexibility index (Phi) is 3.86. The lowest BCUT2D eigenvalue weighted by Gasteiger charge is -2.05. The fourth-order valence-corrected chi connectivity index (χ4v) is 2.71. The van der Waals surface area contributed by atoms with Gasteiger partial charge in [0, 0.05) is 17.3 Å². The topological polar surface area (TPSA) is 56.5 Å². The highest BCUT2D eigenvalue weighted by molar-refractivity contribution is 7.99. The van der Waals surface area contributed by atoms with E-state index < -0.39 is 0 Å². The first-order valence-corrected chi connectivity index (χ1v) is 7.12. The van der Waals surface area contributed by atoms with Gasteiger partial charge in [-0.2, -0.15) is 15.0 Å². The molecular formula is C12H7Cl2N5S. The quantitative estimate of drug-likeness (QED) is 0.738. The lowest BCUT2D eigenvalue weighted by atomic mass is 10.4. The minimum Gasteiger partial charge on any atom is -0.274 e. The number of hydrogen-bond donors (Lipinski definition) is 0. The Bertz CT molecular complexity index is 732. The standard InChI is InChI=1S/C12H7Cl2N5S/c13-8-3-1-2-4-9(8)20-12-17-10(14)16-11(18-12)19-6-5-15-7-19/h1-7H. The van der Waals surface area contributed by atoms with Crippen molar-refractivity contribution in [1.82, 2.24) is 24.5 Å². The van der Waals surface area contributed by atoms with Crippen molar-refractivity contribution in [2.24, 2.45) is 0 Å². The molecule has 0 spiro atoms. The second-order valence-electron chi connectivity index (χ2n) is 3.69. The zero-order valence-corrected chi connectivity index (χ0v) is 12.3. The van der Waals surface area contributed by atoms with E-state index in [1.807, 2.05) is 24.3 Å². The number of hydrogen-bond acceptors (Lipinski definition) is 5. The molecule has 3 rings (SSSR count). The summed E-state index contributed by atoms with van der Waals surface area (Å²) < 4.78 is 1.66. The Hall–Kier alpha value is -1.63. The third-order valence-corrected chi connectivity index (χ3v) is 3.90. The number of benzene rings is 1. The van der Waals surface area contributed by atoms with Gasteiger partial charge >= 0.3 is 0 Å². The van der Waals surface area contributed by atoms with Gasteiger partial charge in [-0.1, -0.05) is 23.7 Å². The van der Waals surface area contributed by atoms with Crippen LogP contribution in [-0.2, 0) is 0 Å². The minimum atomic E-state index is 0.123. The summed E-state index contributed by atoms with van der Waals surface area (Å²) in [6.45, 7) is 0. The van der Waals surface area contributed by atoms with Crippen LogP contribution in [0.4, 0.5) is 0 Å². The average molecular weight is 324 g/mol. The van der Waals surface area contributed by atoms with Crippen LogP contribution in [0.25, 0.3) is 5.95 Å². The Labute approximate surface area is 129 Å². The molecule has 0 atom stereocenters. The molecule has 0 saturated heterocycles. The molecule has 0 saturated carbocycles. The van der Waals surface area contributed by atoms with Gasteiger partial charge in [0.25, 0.3) is 0 Å². The highest BCUT2D eigenvalue weighted by Crippen LogP contribution is 2.31. The normalized spacial score (nSPS) is 10.7. The number of rotatable bonds is 3. The summed E-state index contributed by atoms with van der Waals surface area (Å²) in [5, 5.41) is 1.23. The molecule has 3 aromatic rings. The van der Waals surface area contributed by atoms with E-state index in [1.165, 1.54) is 11.8 Å². The monoisotopic (exact) mass is 323 g/mol. The van der Waals surface area contributed by atoms with Crippen LogP contribution in [0.15, 0.2) is 53.0 Å². The maximum absolute atomic E-state index is 6.11. The molecule has 0 unspecified atom stereocenters. The first-order valence-electron chi connectivity index (χ1n) is 5.54. The Morgan fingerprint density at radius 2 is 1.90 bits per heavy atom. The molecular weight excluding hydrogens is 317 g/mol. The van der Waals surface area contributed by atoms with E-state index in [-0.39, 0.29) is 5.28 Å². The van der Waals surface area contributed by atoms with Crippen molar-refractivity contribution in [3.8, 4) is 5.95 Å². The zero-order chi connectivity index (χ0) is 13.9. The number of halogens is 2. The molecule has 100 valence electrons. The van der Waals surface area contributed by atoms with Crippen LogP contribution in [0.3, 0.4) is 0 Å². The molecule has 2 heterocycles. The number of imidazole rings is 1. The molecule has 0 aliphatic heterocycles. The first-order chi connectivity index (χ1) is 9.72. The van der Waals surface area contributed by atoms with Crippen LogP contribution in [0.2, 0.25) is 10.3 Å². The maximum Gasteiger partial charge on any atom is 0.240 e. The zero-order valence-electron chi connectivity index (χ0n) is 9.94. The van der Waals surface area contributed by atoms with Crippen molar-refractivity contribution in [3.63, 3.8) is 0 Å².